The van der Waals surface area contributed by atoms with Crippen LogP contribution in [0.25, 0.3) is 0 Å². The zero-order chi connectivity index (χ0) is 15.8. The molecule has 0 aromatic rings. The van der Waals surface area contributed by atoms with Crippen molar-refractivity contribution < 1.29 is 0 Å². The van der Waals surface area contributed by atoms with Gasteiger partial charge in [0, 0.05) is 12.6 Å². The van der Waals surface area contributed by atoms with Gasteiger partial charge < -0.3 is 10.2 Å². The predicted molar refractivity (Wildman–Crippen MR) is 95.1 cm³/mol. The summed E-state index contributed by atoms with van der Waals surface area (Å²) in [7, 11) is 0. The molecule has 0 radical (unpaired) electrons. The number of hydrogen-bond acceptors (Lipinski definition) is 2. The molecular weight excluding hydrogens is 268 g/mol. The minimum Gasteiger partial charge on any atom is -0.315 e. The van der Waals surface area contributed by atoms with Gasteiger partial charge in [-0.05, 0) is 87.2 Å². The largest absolute Gasteiger partial charge is 0.315 e. The Morgan fingerprint density at radius 2 is 1.64 bits per heavy atom. The van der Waals surface area contributed by atoms with Crippen molar-refractivity contribution in [3.8, 4) is 0 Å². The standard InChI is InChI=1S/C20H38N2/c1-16(2)13-22-9-6-19(7-10-22)14-20(15-19)11-18(12-20)5-8-21-17(3)4/h16-18,21H,5-15H2,1-4H3. The maximum Gasteiger partial charge on any atom is 0.00103 e. The summed E-state index contributed by atoms with van der Waals surface area (Å²) in [5.74, 6) is 1.86. The number of nitrogens with one attached hydrogen (secondary N) is 1. The smallest absolute Gasteiger partial charge is 0.00103 e. The third kappa shape index (κ3) is 3.70. The Morgan fingerprint density at radius 1 is 1.00 bits per heavy atom. The van der Waals surface area contributed by atoms with Crippen LogP contribution >= 0.6 is 0 Å². The first-order chi connectivity index (χ1) is 10.4. The lowest BCUT2D eigenvalue weighted by atomic mass is 9.40. The zero-order valence-electron chi connectivity index (χ0n) is 15.5. The lowest BCUT2D eigenvalue weighted by Gasteiger charge is -2.66. The highest BCUT2D eigenvalue weighted by Gasteiger charge is 2.59. The molecule has 0 atom stereocenters. The molecule has 1 aliphatic heterocycles. The fraction of sp³-hybridized carbons (Fsp3) is 1.00. The summed E-state index contributed by atoms with van der Waals surface area (Å²) in [4.78, 5) is 2.71. The summed E-state index contributed by atoms with van der Waals surface area (Å²) in [5, 5.41) is 3.58. The summed E-state index contributed by atoms with van der Waals surface area (Å²) >= 11 is 0. The molecule has 3 rings (SSSR count). The second kappa shape index (κ2) is 6.43. The van der Waals surface area contributed by atoms with E-state index in [1.807, 2.05) is 0 Å². The van der Waals surface area contributed by atoms with Crippen molar-refractivity contribution in [3.05, 3.63) is 0 Å². The van der Waals surface area contributed by atoms with Gasteiger partial charge in [0.05, 0.1) is 0 Å². The van der Waals surface area contributed by atoms with E-state index in [9.17, 15) is 0 Å². The molecule has 3 aliphatic rings. The highest BCUT2D eigenvalue weighted by Crippen LogP contribution is 2.69. The average Bonchev–Trinajstić information content (AvgIpc) is 2.35. The van der Waals surface area contributed by atoms with E-state index in [0.29, 0.717) is 6.04 Å². The van der Waals surface area contributed by atoms with Crippen molar-refractivity contribution in [1.29, 1.82) is 0 Å². The minimum atomic E-state index is 0.650. The summed E-state index contributed by atoms with van der Waals surface area (Å²) in [5.41, 5.74) is 1.58. The van der Waals surface area contributed by atoms with Crippen LogP contribution in [-0.2, 0) is 0 Å². The first-order valence-electron chi connectivity index (χ1n) is 9.86. The highest BCUT2D eigenvalue weighted by molar-refractivity contribution is 5.10. The van der Waals surface area contributed by atoms with Crippen molar-refractivity contribution >= 4 is 0 Å². The van der Waals surface area contributed by atoms with Gasteiger partial charge in [0.25, 0.3) is 0 Å². The third-order valence-electron chi connectivity index (χ3n) is 6.59. The molecule has 2 aliphatic carbocycles. The lowest BCUT2D eigenvalue weighted by molar-refractivity contribution is -0.150. The van der Waals surface area contributed by atoms with Gasteiger partial charge in [-0.2, -0.15) is 0 Å². The van der Waals surface area contributed by atoms with Crippen molar-refractivity contribution in [1.82, 2.24) is 10.2 Å². The molecule has 128 valence electrons. The SMILES string of the molecule is CC(C)CN1CCC2(CC1)CC1(CC(CCNC(C)C)C1)C2. The van der Waals surface area contributed by atoms with Crippen molar-refractivity contribution in [2.45, 2.75) is 78.7 Å². The Morgan fingerprint density at radius 3 is 2.18 bits per heavy atom. The van der Waals surface area contributed by atoms with E-state index in [2.05, 4.69) is 37.9 Å². The van der Waals surface area contributed by atoms with E-state index < -0.39 is 0 Å². The summed E-state index contributed by atoms with van der Waals surface area (Å²) in [6, 6.07) is 0.650. The number of likely N-dealkylation sites (tertiary alicyclic amines) is 1. The van der Waals surface area contributed by atoms with Crippen LogP contribution in [-0.4, -0.2) is 37.1 Å². The average molecular weight is 307 g/mol. The highest BCUT2D eigenvalue weighted by atomic mass is 15.1. The Bertz CT molecular complexity index is 350. The van der Waals surface area contributed by atoms with Crippen molar-refractivity contribution in [2.24, 2.45) is 22.7 Å². The molecular formula is C20H38N2. The lowest BCUT2D eigenvalue weighted by Crippen LogP contribution is -2.57. The van der Waals surface area contributed by atoms with Crippen LogP contribution in [0.4, 0.5) is 0 Å². The van der Waals surface area contributed by atoms with Crippen LogP contribution in [0.5, 0.6) is 0 Å². The monoisotopic (exact) mass is 306 g/mol. The van der Waals surface area contributed by atoms with Crippen molar-refractivity contribution in [3.63, 3.8) is 0 Å². The molecule has 2 spiro atoms. The molecule has 2 heteroatoms. The molecule has 0 aromatic carbocycles. The van der Waals surface area contributed by atoms with Crippen LogP contribution in [0.2, 0.25) is 0 Å². The van der Waals surface area contributed by atoms with Gasteiger partial charge in [0.1, 0.15) is 0 Å². The molecule has 2 saturated carbocycles. The van der Waals surface area contributed by atoms with Gasteiger partial charge in [-0.25, -0.2) is 0 Å². The quantitative estimate of drug-likeness (QED) is 0.787. The number of piperidine rings is 1. The molecule has 1 heterocycles. The molecule has 2 nitrogen and oxygen atoms in total. The minimum absolute atomic E-state index is 0.650. The maximum absolute atomic E-state index is 3.58. The second-order valence-electron chi connectivity index (χ2n) is 9.72. The topological polar surface area (TPSA) is 15.3 Å². The fourth-order valence-electron chi connectivity index (χ4n) is 5.85. The summed E-state index contributed by atoms with van der Waals surface area (Å²) in [6.45, 7) is 14.5. The normalized spacial score (nSPS) is 27.5. The van der Waals surface area contributed by atoms with Gasteiger partial charge >= 0.3 is 0 Å². The van der Waals surface area contributed by atoms with Crippen LogP contribution in [0.15, 0.2) is 0 Å². The Labute approximate surface area is 138 Å². The second-order valence-corrected chi connectivity index (χ2v) is 9.72. The first kappa shape index (κ1) is 16.8. The Balaban J connectivity index is 1.34. The Kier molecular flexibility index (Phi) is 4.90. The van der Waals surface area contributed by atoms with Crippen LogP contribution in [0, 0.1) is 22.7 Å². The van der Waals surface area contributed by atoms with Gasteiger partial charge in [-0.15, -0.1) is 0 Å². The summed E-state index contributed by atoms with van der Waals surface area (Å²) in [6.07, 6.45) is 10.6. The van der Waals surface area contributed by atoms with Crippen LogP contribution in [0.3, 0.4) is 0 Å². The first-order valence-corrected chi connectivity index (χ1v) is 9.86. The van der Waals surface area contributed by atoms with Gasteiger partial charge in [-0.1, -0.05) is 27.7 Å². The van der Waals surface area contributed by atoms with E-state index in [0.717, 1.165) is 22.7 Å². The maximum atomic E-state index is 3.58. The molecule has 0 bridgehead atoms. The molecule has 0 unspecified atom stereocenters. The van der Waals surface area contributed by atoms with Crippen LogP contribution in [0.1, 0.15) is 72.6 Å². The van der Waals surface area contributed by atoms with E-state index in [-0.39, 0.29) is 0 Å². The van der Waals surface area contributed by atoms with E-state index in [1.54, 1.807) is 25.7 Å². The molecule has 0 amide bonds. The predicted octanol–water partition coefficient (Wildman–Crippen LogP) is 4.30. The molecule has 1 saturated heterocycles. The number of hydrogen-bond donors (Lipinski definition) is 1. The summed E-state index contributed by atoms with van der Waals surface area (Å²) < 4.78 is 0. The number of rotatable bonds is 6. The van der Waals surface area contributed by atoms with Crippen molar-refractivity contribution in [2.75, 3.05) is 26.2 Å². The van der Waals surface area contributed by atoms with E-state index in [1.165, 1.54) is 45.4 Å². The van der Waals surface area contributed by atoms with Gasteiger partial charge in [-0.3, -0.25) is 0 Å². The van der Waals surface area contributed by atoms with Gasteiger partial charge in [0.2, 0.25) is 0 Å². The number of nitrogens with zero attached hydrogens (tertiary/aromatic N) is 1. The van der Waals surface area contributed by atoms with Gasteiger partial charge in [0.15, 0.2) is 0 Å². The molecule has 22 heavy (non-hydrogen) atoms. The Hall–Kier alpha value is -0.0800. The third-order valence-corrected chi connectivity index (χ3v) is 6.59. The van der Waals surface area contributed by atoms with Crippen LogP contribution < -0.4 is 5.32 Å². The molecule has 3 fully saturated rings. The zero-order valence-corrected chi connectivity index (χ0v) is 15.5. The molecule has 0 aromatic heterocycles. The molecule has 1 N–H and O–H groups in total. The van der Waals surface area contributed by atoms with E-state index >= 15 is 0 Å². The van der Waals surface area contributed by atoms with E-state index in [4.69, 9.17) is 0 Å². The fourth-order valence-corrected chi connectivity index (χ4v) is 5.85.